The van der Waals surface area contributed by atoms with E-state index in [0.29, 0.717) is 30.8 Å². The van der Waals surface area contributed by atoms with Gasteiger partial charge >= 0.3 is 0 Å². The van der Waals surface area contributed by atoms with Crippen molar-refractivity contribution in [3.63, 3.8) is 0 Å². The SMILES string of the molecule is CCN(C)C(=O)C(CCN1CCC(O)(c2ccc(Cl)cc2)CC1)(c1ccccc1)c1ccccc1.Cl. The van der Waals surface area contributed by atoms with Crippen LogP contribution in [0.3, 0.4) is 0 Å². The number of amides is 1. The van der Waals surface area contributed by atoms with Gasteiger partial charge < -0.3 is 14.9 Å². The number of halogens is 2. The van der Waals surface area contributed by atoms with Crippen LogP contribution in [0.5, 0.6) is 0 Å². The van der Waals surface area contributed by atoms with Gasteiger partial charge in [0.1, 0.15) is 5.41 Å². The molecular weight excluding hydrogens is 491 g/mol. The average molecular weight is 528 g/mol. The molecule has 0 aromatic heterocycles. The Hall–Kier alpha value is -2.37. The maximum absolute atomic E-state index is 14.0. The maximum atomic E-state index is 14.0. The molecule has 4 rings (SSSR count). The first-order valence-corrected chi connectivity index (χ1v) is 12.8. The van der Waals surface area contributed by atoms with E-state index in [0.717, 1.165) is 36.3 Å². The van der Waals surface area contributed by atoms with E-state index in [1.54, 1.807) is 0 Å². The first kappa shape index (κ1) is 28.2. The number of hydrogen-bond acceptors (Lipinski definition) is 3. The Morgan fingerprint density at radius 3 is 1.92 bits per heavy atom. The Morgan fingerprint density at radius 2 is 1.44 bits per heavy atom. The van der Waals surface area contributed by atoms with Crippen molar-refractivity contribution < 1.29 is 9.90 Å². The van der Waals surface area contributed by atoms with Crippen LogP contribution in [-0.2, 0) is 15.8 Å². The zero-order valence-corrected chi connectivity index (χ0v) is 22.6. The molecule has 6 heteroatoms. The van der Waals surface area contributed by atoms with Crippen molar-refractivity contribution in [2.75, 3.05) is 33.2 Å². The summed E-state index contributed by atoms with van der Waals surface area (Å²) in [7, 11) is 1.89. The quantitative estimate of drug-likeness (QED) is 0.397. The van der Waals surface area contributed by atoms with Crippen molar-refractivity contribution >= 4 is 29.9 Å². The second-order valence-electron chi connectivity index (χ2n) is 9.59. The molecular formula is C30H36Cl2N2O2. The summed E-state index contributed by atoms with van der Waals surface area (Å²) in [4.78, 5) is 18.3. The first-order valence-electron chi connectivity index (χ1n) is 12.5. The van der Waals surface area contributed by atoms with Gasteiger partial charge in [-0.05, 0) is 61.6 Å². The van der Waals surface area contributed by atoms with Crippen LogP contribution in [0.2, 0.25) is 5.02 Å². The standard InChI is InChI=1S/C30H35ClN2O2.ClH/c1-3-32(2)28(34)30(25-10-6-4-7-11-25,26-12-8-5-9-13-26)20-23-33-21-18-29(35,19-22-33)24-14-16-27(31)17-15-24;/h4-17,35H,3,18-23H2,1-2H3;1H. The third-order valence-corrected chi connectivity index (χ3v) is 7.84. The molecule has 4 nitrogen and oxygen atoms in total. The fraction of sp³-hybridized carbons (Fsp3) is 0.367. The molecule has 0 bridgehead atoms. The predicted molar refractivity (Wildman–Crippen MR) is 150 cm³/mol. The highest BCUT2D eigenvalue weighted by Crippen LogP contribution is 2.39. The van der Waals surface area contributed by atoms with Crippen molar-refractivity contribution in [2.45, 2.75) is 37.2 Å². The number of nitrogens with zero attached hydrogens (tertiary/aromatic N) is 2. The fourth-order valence-electron chi connectivity index (χ4n) is 5.25. The lowest BCUT2D eigenvalue weighted by Gasteiger charge is -2.41. The molecule has 0 radical (unpaired) electrons. The van der Waals surface area contributed by atoms with Crippen molar-refractivity contribution in [1.82, 2.24) is 9.80 Å². The molecule has 1 amide bonds. The van der Waals surface area contributed by atoms with Crippen molar-refractivity contribution in [3.8, 4) is 0 Å². The van der Waals surface area contributed by atoms with E-state index in [9.17, 15) is 9.90 Å². The lowest BCUT2D eigenvalue weighted by atomic mass is 9.70. The van der Waals surface area contributed by atoms with Gasteiger partial charge in [0.05, 0.1) is 5.60 Å². The molecule has 0 unspecified atom stereocenters. The van der Waals surface area contributed by atoms with Gasteiger partial charge in [-0.15, -0.1) is 12.4 Å². The monoisotopic (exact) mass is 526 g/mol. The van der Waals surface area contributed by atoms with Crippen molar-refractivity contribution in [1.29, 1.82) is 0 Å². The number of piperidine rings is 1. The van der Waals surface area contributed by atoms with Crippen LogP contribution in [0, 0.1) is 0 Å². The minimum Gasteiger partial charge on any atom is -0.385 e. The van der Waals surface area contributed by atoms with E-state index >= 15 is 0 Å². The molecule has 0 spiro atoms. The number of rotatable bonds is 8. The number of hydrogen-bond donors (Lipinski definition) is 1. The summed E-state index contributed by atoms with van der Waals surface area (Å²) >= 11 is 6.04. The Labute approximate surface area is 226 Å². The molecule has 0 saturated carbocycles. The molecule has 36 heavy (non-hydrogen) atoms. The molecule has 1 aliphatic rings. The minimum absolute atomic E-state index is 0. The molecule has 3 aromatic carbocycles. The topological polar surface area (TPSA) is 43.8 Å². The van der Waals surface area contributed by atoms with Crippen molar-refractivity contribution in [3.05, 3.63) is 107 Å². The summed E-state index contributed by atoms with van der Waals surface area (Å²) in [6.45, 7) is 4.98. The fourth-order valence-corrected chi connectivity index (χ4v) is 5.37. The zero-order chi connectivity index (χ0) is 24.9. The van der Waals surface area contributed by atoms with E-state index in [4.69, 9.17) is 11.6 Å². The largest absolute Gasteiger partial charge is 0.385 e. The van der Waals surface area contributed by atoms with E-state index in [-0.39, 0.29) is 18.3 Å². The molecule has 3 aromatic rings. The maximum Gasteiger partial charge on any atom is 0.237 e. The summed E-state index contributed by atoms with van der Waals surface area (Å²) in [5.74, 6) is 0.118. The van der Waals surface area contributed by atoms with Gasteiger partial charge in [0.15, 0.2) is 0 Å². The Kier molecular flexibility index (Phi) is 9.59. The van der Waals surface area contributed by atoms with Crippen LogP contribution in [0.4, 0.5) is 0 Å². The third-order valence-electron chi connectivity index (χ3n) is 7.59. The van der Waals surface area contributed by atoms with Crippen LogP contribution < -0.4 is 0 Å². The number of likely N-dealkylation sites (tertiary alicyclic amines) is 1. The molecule has 1 fully saturated rings. The molecule has 1 heterocycles. The van der Waals surface area contributed by atoms with Crippen molar-refractivity contribution in [2.24, 2.45) is 0 Å². The van der Waals surface area contributed by atoms with Crippen LogP contribution >= 0.6 is 24.0 Å². The molecule has 1 N–H and O–H groups in total. The van der Waals surface area contributed by atoms with E-state index < -0.39 is 11.0 Å². The highest BCUT2D eigenvalue weighted by molar-refractivity contribution is 6.30. The molecule has 1 saturated heterocycles. The predicted octanol–water partition coefficient (Wildman–Crippen LogP) is 5.90. The van der Waals surface area contributed by atoms with Crippen LogP contribution in [-0.4, -0.2) is 54.0 Å². The van der Waals surface area contributed by atoms with Gasteiger partial charge in [-0.3, -0.25) is 4.79 Å². The van der Waals surface area contributed by atoms with Crippen LogP contribution in [0.15, 0.2) is 84.9 Å². The zero-order valence-electron chi connectivity index (χ0n) is 21.1. The summed E-state index contributed by atoms with van der Waals surface area (Å²) < 4.78 is 0. The Morgan fingerprint density at radius 1 is 0.944 bits per heavy atom. The van der Waals surface area contributed by atoms with Crippen LogP contribution in [0.25, 0.3) is 0 Å². The summed E-state index contributed by atoms with van der Waals surface area (Å²) in [6.07, 6.45) is 1.98. The normalized spacial score (nSPS) is 15.7. The molecule has 0 atom stereocenters. The third kappa shape index (κ3) is 5.78. The summed E-state index contributed by atoms with van der Waals surface area (Å²) in [5, 5.41) is 12.0. The van der Waals surface area contributed by atoms with Crippen LogP contribution in [0.1, 0.15) is 42.9 Å². The molecule has 0 aliphatic carbocycles. The van der Waals surface area contributed by atoms with Gasteiger partial charge in [0.2, 0.25) is 5.91 Å². The van der Waals surface area contributed by atoms with Gasteiger partial charge in [0, 0.05) is 31.7 Å². The Bertz CT molecular complexity index is 1060. The summed E-state index contributed by atoms with van der Waals surface area (Å²) in [5.41, 5.74) is 1.36. The van der Waals surface area contributed by atoms with E-state index in [1.807, 2.05) is 79.5 Å². The first-order chi connectivity index (χ1) is 16.9. The second kappa shape index (κ2) is 12.2. The van der Waals surface area contributed by atoms with Gasteiger partial charge in [-0.1, -0.05) is 84.4 Å². The number of benzene rings is 3. The van der Waals surface area contributed by atoms with Gasteiger partial charge in [-0.25, -0.2) is 0 Å². The van der Waals surface area contributed by atoms with E-state index in [2.05, 4.69) is 29.2 Å². The lowest BCUT2D eigenvalue weighted by molar-refractivity contribution is -0.135. The minimum atomic E-state index is -0.838. The molecule has 1 aliphatic heterocycles. The van der Waals surface area contributed by atoms with Gasteiger partial charge in [0.25, 0.3) is 0 Å². The molecule has 192 valence electrons. The highest BCUT2D eigenvalue weighted by atomic mass is 35.5. The van der Waals surface area contributed by atoms with E-state index in [1.165, 1.54) is 0 Å². The second-order valence-corrected chi connectivity index (χ2v) is 10.0. The number of aliphatic hydroxyl groups is 1. The average Bonchev–Trinajstić information content (AvgIpc) is 2.91. The highest BCUT2D eigenvalue weighted by Gasteiger charge is 2.44. The van der Waals surface area contributed by atoms with Gasteiger partial charge in [-0.2, -0.15) is 0 Å². The number of carbonyl (C=O) groups excluding carboxylic acids is 1. The smallest absolute Gasteiger partial charge is 0.237 e. The number of likely N-dealkylation sites (N-methyl/N-ethyl adjacent to an activating group) is 1. The number of carbonyl (C=O) groups is 1. The summed E-state index contributed by atoms with van der Waals surface area (Å²) in [6, 6.07) is 27.9. The lowest BCUT2D eigenvalue weighted by Crippen LogP contribution is -2.49. The Balaban J connectivity index is 0.00000361.